The molecule has 0 aliphatic heterocycles. The van der Waals surface area contributed by atoms with Gasteiger partial charge in [0.05, 0.1) is 18.0 Å². The van der Waals surface area contributed by atoms with Gasteiger partial charge >= 0.3 is 0 Å². The van der Waals surface area contributed by atoms with Crippen molar-refractivity contribution >= 4 is 5.69 Å². The van der Waals surface area contributed by atoms with Crippen LogP contribution in [0.25, 0.3) is 0 Å². The summed E-state index contributed by atoms with van der Waals surface area (Å²) < 4.78 is 0. The average Bonchev–Trinajstić information content (AvgIpc) is 2.62. The summed E-state index contributed by atoms with van der Waals surface area (Å²) in [6.07, 6.45) is 0. The predicted octanol–water partition coefficient (Wildman–Crippen LogP) is 0.954. The second-order valence-electron chi connectivity index (χ2n) is 3.17. The summed E-state index contributed by atoms with van der Waals surface area (Å²) in [5.41, 5.74) is 5.37. The zero-order chi connectivity index (χ0) is 10.7. The van der Waals surface area contributed by atoms with Gasteiger partial charge in [0.2, 0.25) is 0 Å². The van der Waals surface area contributed by atoms with E-state index in [1.807, 2.05) is 37.3 Å². The number of aromatic nitrogens is 3. The molecular weight excluding hydrogens is 192 g/mol. The Morgan fingerprint density at radius 2 is 2.07 bits per heavy atom. The van der Waals surface area contributed by atoms with Crippen LogP contribution in [0.2, 0.25) is 0 Å². The molecule has 0 saturated carbocycles. The minimum atomic E-state index is -0.0949. The molecule has 2 rings (SSSR count). The highest BCUT2D eigenvalue weighted by Gasteiger charge is 2.06. The first kappa shape index (κ1) is 9.67. The van der Waals surface area contributed by atoms with Gasteiger partial charge in [0.25, 0.3) is 0 Å². The smallest absolute Gasteiger partial charge is 0.113 e. The van der Waals surface area contributed by atoms with Crippen molar-refractivity contribution in [2.24, 2.45) is 0 Å². The van der Waals surface area contributed by atoms with Crippen molar-refractivity contribution in [3.63, 3.8) is 0 Å². The quantitative estimate of drug-likeness (QED) is 0.781. The predicted molar refractivity (Wildman–Crippen MR) is 56.1 cm³/mol. The standard InChI is InChI=1S/C10H12N4O/c1-8-10(7-15)11-13-14(8)12-9-5-3-2-4-6-9/h2-6,12,15H,7H2,1H3. The lowest BCUT2D eigenvalue weighted by atomic mass is 10.3. The molecule has 0 aliphatic carbocycles. The molecule has 5 nitrogen and oxygen atoms in total. The Kier molecular flexibility index (Phi) is 2.64. The summed E-state index contributed by atoms with van der Waals surface area (Å²) in [5.74, 6) is 0. The van der Waals surface area contributed by atoms with E-state index in [9.17, 15) is 0 Å². The zero-order valence-corrected chi connectivity index (χ0v) is 8.38. The molecular formula is C10H12N4O. The van der Waals surface area contributed by atoms with E-state index in [2.05, 4.69) is 15.7 Å². The molecule has 2 aromatic rings. The van der Waals surface area contributed by atoms with Gasteiger partial charge in [-0.25, -0.2) is 0 Å². The van der Waals surface area contributed by atoms with Crippen LogP contribution in [0, 0.1) is 6.92 Å². The first-order valence-corrected chi connectivity index (χ1v) is 4.65. The molecule has 0 fully saturated rings. The molecule has 0 bridgehead atoms. The van der Waals surface area contributed by atoms with Crippen molar-refractivity contribution < 1.29 is 5.11 Å². The number of hydrogen-bond acceptors (Lipinski definition) is 4. The molecule has 0 radical (unpaired) electrons. The fourth-order valence-corrected chi connectivity index (χ4v) is 1.25. The number of para-hydroxylation sites is 1. The van der Waals surface area contributed by atoms with Crippen LogP contribution in [0.15, 0.2) is 30.3 Å². The van der Waals surface area contributed by atoms with E-state index in [0.29, 0.717) is 5.69 Å². The number of benzene rings is 1. The van der Waals surface area contributed by atoms with Crippen molar-refractivity contribution in [1.82, 2.24) is 15.1 Å². The SMILES string of the molecule is Cc1c(CO)nnn1Nc1ccccc1. The summed E-state index contributed by atoms with van der Waals surface area (Å²) >= 11 is 0. The summed E-state index contributed by atoms with van der Waals surface area (Å²) in [6, 6.07) is 9.67. The maximum atomic E-state index is 8.95. The molecule has 0 saturated heterocycles. The summed E-state index contributed by atoms with van der Waals surface area (Å²) in [7, 11) is 0. The Bertz CT molecular complexity index is 438. The van der Waals surface area contributed by atoms with Gasteiger partial charge in [-0.05, 0) is 24.3 Å². The second-order valence-corrected chi connectivity index (χ2v) is 3.17. The van der Waals surface area contributed by atoms with Crippen molar-refractivity contribution in [2.45, 2.75) is 13.5 Å². The third-order valence-corrected chi connectivity index (χ3v) is 2.15. The number of aliphatic hydroxyl groups excluding tert-OH is 1. The summed E-state index contributed by atoms with van der Waals surface area (Å²) in [5, 5.41) is 16.7. The second kappa shape index (κ2) is 4.10. The lowest BCUT2D eigenvalue weighted by Crippen LogP contribution is -2.12. The van der Waals surface area contributed by atoms with E-state index in [1.165, 1.54) is 0 Å². The topological polar surface area (TPSA) is 63.0 Å². The number of rotatable bonds is 3. The number of nitrogens with one attached hydrogen (secondary N) is 1. The molecule has 0 aliphatic rings. The molecule has 1 aromatic heterocycles. The Hall–Kier alpha value is -1.88. The van der Waals surface area contributed by atoms with Crippen LogP contribution in [0.3, 0.4) is 0 Å². The van der Waals surface area contributed by atoms with Gasteiger partial charge in [-0.15, -0.1) is 5.10 Å². The third kappa shape index (κ3) is 1.97. The van der Waals surface area contributed by atoms with Crippen LogP contribution < -0.4 is 5.43 Å². The van der Waals surface area contributed by atoms with Gasteiger partial charge in [0.1, 0.15) is 5.69 Å². The molecule has 2 N–H and O–H groups in total. The maximum absolute atomic E-state index is 8.95. The van der Waals surface area contributed by atoms with Gasteiger partial charge < -0.3 is 5.11 Å². The van der Waals surface area contributed by atoms with Gasteiger partial charge in [0, 0.05) is 0 Å². The first-order chi connectivity index (χ1) is 7.31. The van der Waals surface area contributed by atoms with Gasteiger partial charge in [0.15, 0.2) is 0 Å². The van der Waals surface area contributed by atoms with Crippen molar-refractivity contribution in [3.05, 3.63) is 41.7 Å². The van der Waals surface area contributed by atoms with Crippen molar-refractivity contribution in [3.8, 4) is 0 Å². The number of nitrogens with zero attached hydrogens (tertiary/aromatic N) is 3. The largest absolute Gasteiger partial charge is 0.390 e. The third-order valence-electron chi connectivity index (χ3n) is 2.15. The lowest BCUT2D eigenvalue weighted by Gasteiger charge is -2.06. The Balaban J connectivity index is 2.21. The number of aliphatic hydroxyl groups is 1. The fourth-order valence-electron chi connectivity index (χ4n) is 1.25. The molecule has 1 aromatic carbocycles. The van der Waals surface area contributed by atoms with E-state index in [0.717, 1.165) is 11.4 Å². The van der Waals surface area contributed by atoms with Crippen LogP contribution in [0.5, 0.6) is 0 Å². The molecule has 15 heavy (non-hydrogen) atoms. The number of hydrogen-bond donors (Lipinski definition) is 2. The van der Waals surface area contributed by atoms with Crippen LogP contribution in [0.1, 0.15) is 11.4 Å². The molecule has 0 spiro atoms. The Morgan fingerprint density at radius 3 is 2.67 bits per heavy atom. The normalized spacial score (nSPS) is 10.3. The first-order valence-electron chi connectivity index (χ1n) is 4.65. The molecule has 0 amide bonds. The Morgan fingerprint density at radius 1 is 1.33 bits per heavy atom. The maximum Gasteiger partial charge on any atom is 0.113 e. The van der Waals surface area contributed by atoms with Crippen LogP contribution >= 0.6 is 0 Å². The minimum absolute atomic E-state index is 0.0949. The van der Waals surface area contributed by atoms with E-state index in [1.54, 1.807) is 4.79 Å². The number of anilines is 1. The summed E-state index contributed by atoms with van der Waals surface area (Å²) in [6.45, 7) is 1.75. The molecule has 5 heteroatoms. The monoisotopic (exact) mass is 204 g/mol. The van der Waals surface area contributed by atoms with E-state index >= 15 is 0 Å². The van der Waals surface area contributed by atoms with Gasteiger partial charge in [-0.1, -0.05) is 18.2 Å². The van der Waals surface area contributed by atoms with E-state index in [4.69, 9.17) is 5.11 Å². The van der Waals surface area contributed by atoms with Crippen LogP contribution in [-0.2, 0) is 6.61 Å². The minimum Gasteiger partial charge on any atom is -0.390 e. The van der Waals surface area contributed by atoms with E-state index in [-0.39, 0.29) is 6.61 Å². The van der Waals surface area contributed by atoms with Gasteiger partial charge in [-0.2, -0.15) is 4.79 Å². The van der Waals surface area contributed by atoms with Gasteiger partial charge in [-0.3, -0.25) is 5.43 Å². The lowest BCUT2D eigenvalue weighted by molar-refractivity contribution is 0.276. The fraction of sp³-hybridized carbons (Fsp3) is 0.200. The van der Waals surface area contributed by atoms with E-state index < -0.39 is 0 Å². The molecule has 0 unspecified atom stereocenters. The highest BCUT2D eigenvalue weighted by molar-refractivity contribution is 5.42. The molecule has 78 valence electrons. The highest BCUT2D eigenvalue weighted by atomic mass is 16.3. The summed E-state index contributed by atoms with van der Waals surface area (Å²) in [4.78, 5) is 1.54. The zero-order valence-electron chi connectivity index (χ0n) is 8.38. The van der Waals surface area contributed by atoms with Crippen LogP contribution in [0.4, 0.5) is 5.69 Å². The molecule has 1 heterocycles. The van der Waals surface area contributed by atoms with Crippen LogP contribution in [-0.4, -0.2) is 20.2 Å². The Labute approximate surface area is 87.3 Å². The van der Waals surface area contributed by atoms with Crippen molar-refractivity contribution in [1.29, 1.82) is 0 Å². The average molecular weight is 204 g/mol. The molecule has 0 atom stereocenters. The highest BCUT2D eigenvalue weighted by Crippen LogP contribution is 2.08. The van der Waals surface area contributed by atoms with Crippen molar-refractivity contribution in [2.75, 3.05) is 5.43 Å².